The Bertz CT molecular complexity index is 1000. The van der Waals surface area contributed by atoms with Crippen LogP contribution in [0.4, 0.5) is 23.7 Å². The second-order valence-electron chi connectivity index (χ2n) is 7.05. The number of halogens is 3. The molecule has 1 heterocycles. The molecule has 3 N–H and O–H groups in total. The third-order valence-electron chi connectivity index (χ3n) is 4.71. The molecule has 2 aromatic rings. The smallest absolute Gasteiger partial charge is 0.315 e. The van der Waals surface area contributed by atoms with Crippen LogP contribution in [0, 0.1) is 17.5 Å². The van der Waals surface area contributed by atoms with Crippen molar-refractivity contribution in [2.45, 2.75) is 25.9 Å². The summed E-state index contributed by atoms with van der Waals surface area (Å²) in [5.41, 5.74) is 1.23. The van der Waals surface area contributed by atoms with E-state index in [9.17, 15) is 27.6 Å². The van der Waals surface area contributed by atoms with E-state index in [1.165, 1.54) is 0 Å². The van der Waals surface area contributed by atoms with Crippen LogP contribution in [-0.2, 0) is 22.7 Å². The van der Waals surface area contributed by atoms with Crippen molar-refractivity contribution < 1.29 is 27.6 Å². The molecule has 7 nitrogen and oxygen atoms in total. The van der Waals surface area contributed by atoms with E-state index < -0.39 is 41.6 Å². The van der Waals surface area contributed by atoms with Crippen molar-refractivity contribution in [1.29, 1.82) is 0 Å². The number of nitrogens with zero attached hydrogens (tertiary/aromatic N) is 1. The summed E-state index contributed by atoms with van der Waals surface area (Å²) in [6, 6.07) is 8.35. The Morgan fingerprint density at radius 1 is 1.00 bits per heavy atom. The molecule has 0 aromatic heterocycles. The number of amides is 4. The minimum atomic E-state index is -1.69. The average Bonchev–Trinajstić information content (AvgIpc) is 3.16. The summed E-state index contributed by atoms with van der Waals surface area (Å²) < 4.78 is 39.6. The van der Waals surface area contributed by atoms with Gasteiger partial charge in [-0.05, 0) is 29.7 Å². The number of nitrogens with one attached hydrogen (secondary N) is 3. The molecule has 1 aliphatic rings. The molecule has 0 unspecified atom stereocenters. The van der Waals surface area contributed by atoms with E-state index in [0.29, 0.717) is 19.0 Å². The van der Waals surface area contributed by atoms with E-state index in [4.69, 9.17) is 0 Å². The zero-order valence-corrected chi connectivity index (χ0v) is 16.5. The number of carbonyl (C=O) groups excluding carboxylic acids is 3. The van der Waals surface area contributed by atoms with Gasteiger partial charge in [0.2, 0.25) is 11.8 Å². The van der Waals surface area contributed by atoms with Crippen LogP contribution in [0.1, 0.15) is 24.0 Å². The molecular weight excluding hydrogens is 413 g/mol. The van der Waals surface area contributed by atoms with E-state index >= 15 is 0 Å². The Balaban J connectivity index is 1.44. The second kappa shape index (κ2) is 9.96. The van der Waals surface area contributed by atoms with Gasteiger partial charge in [0, 0.05) is 26.1 Å². The number of anilines is 1. The van der Waals surface area contributed by atoms with Crippen molar-refractivity contribution in [1.82, 2.24) is 15.5 Å². The zero-order chi connectivity index (χ0) is 22.4. The minimum Gasteiger partial charge on any atom is -0.338 e. The zero-order valence-electron chi connectivity index (χ0n) is 16.5. The van der Waals surface area contributed by atoms with Crippen LogP contribution >= 0.6 is 0 Å². The van der Waals surface area contributed by atoms with Crippen molar-refractivity contribution in [2.24, 2.45) is 0 Å². The van der Waals surface area contributed by atoms with Gasteiger partial charge in [0.05, 0.1) is 12.2 Å². The van der Waals surface area contributed by atoms with Gasteiger partial charge in [-0.1, -0.05) is 24.3 Å². The summed E-state index contributed by atoms with van der Waals surface area (Å²) in [5.74, 6) is -5.26. The standard InChI is InChI=1S/C21H21F3N4O3/c22-15-6-7-16(20(24)19(15)23)27-17(29)11-26-21(31)25-10-13-3-1-4-14(9-13)12-28-8-2-5-18(28)30/h1,3-4,6-7,9H,2,5,8,10-12H2,(H,27,29)(H2,25,26,31). The van der Waals surface area contributed by atoms with Gasteiger partial charge in [-0.15, -0.1) is 0 Å². The fraction of sp³-hybridized carbons (Fsp3) is 0.286. The molecule has 1 aliphatic heterocycles. The highest BCUT2D eigenvalue weighted by Crippen LogP contribution is 2.19. The van der Waals surface area contributed by atoms with Crippen molar-refractivity contribution in [3.8, 4) is 0 Å². The van der Waals surface area contributed by atoms with E-state index in [1.807, 2.05) is 24.3 Å². The molecule has 0 aliphatic carbocycles. The lowest BCUT2D eigenvalue weighted by Gasteiger charge is -2.16. The summed E-state index contributed by atoms with van der Waals surface area (Å²) >= 11 is 0. The number of carbonyl (C=O) groups is 3. The van der Waals surface area contributed by atoms with E-state index in [2.05, 4.69) is 16.0 Å². The summed E-state index contributed by atoms with van der Waals surface area (Å²) in [5, 5.41) is 6.93. The van der Waals surface area contributed by atoms with Gasteiger partial charge in [0.1, 0.15) is 0 Å². The summed E-state index contributed by atoms with van der Waals surface area (Å²) in [6.07, 6.45) is 1.42. The van der Waals surface area contributed by atoms with Crippen LogP contribution in [0.25, 0.3) is 0 Å². The largest absolute Gasteiger partial charge is 0.338 e. The number of rotatable bonds is 7. The molecule has 1 fully saturated rings. The van der Waals surface area contributed by atoms with Gasteiger partial charge in [-0.25, -0.2) is 18.0 Å². The van der Waals surface area contributed by atoms with Gasteiger partial charge < -0.3 is 20.9 Å². The number of benzene rings is 2. The maximum Gasteiger partial charge on any atom is 0.315 e. The number of hydrogen-bond donors (Lipinski definition) is 3. The third kappa shape index (κ3) is 5.97. The first kappa shape index (κ1) is 22.1. The number of urea groups is 1. The number of hydrogen-bond acceptors (Lipinski definition) is 3. The molecule has 2 aromatic carbocycles. The SMILES string of the molecule is O=C(CNC(=O)NCc1cccc(CN2CCCC2=O)c1)Nc1ccc(F)c(F)c1F. The van der Waals surface area contributed by atoms with Crippen LogP contribution in [0.5, 0.6) is 0 Å². The topological polar surface area (TPSA) is 90.5 Å². The molecule has 164 valence electrons. The molecule has 31 heavy (non-hydrogen) atoms. The van der Waals surface area contributed by atoms with Gasteiger partial charge in [0.15, 0.2) is 17.5 Å². The van der Waals surface area contributed by atoms with E-state index in [0.717, 1.165) is 30.2 Å². The lowest BCUT2D eigenvalue weighted by molar-refractivity contribution is -0.128. The summed E-state index contributed by atoms with van der Waals surface area (Å²) in [4.78, 5) is 37.2. The fourth-order valence-electron chi connectivity index (χ4n) is 3.15. The summed E-state index contributed by atoms with van der Waals surface area (Å²) in [6.45, 7) is 0.939. The molecule has 10 heteroatoms. The van der Waals surface area contributed by atoms with Crippen molar-refractivity contribution in [3.63, 3.8) is 0 Å². The van der Waals surface area contributed by atoms with Gasteiger partial charge >= 0.3 is 6.03 Å². The molecule has 0 spiro atoms. The van der Waals surface area contributed by atoms with E-state index in [-0.39, 0.29) is 12.5 Å². The van der Waals surface area contributed by atoms with Crippen LogP contribution in [0.3, 0.4) is 0 Å². The monoisotopic (exact) mass is 434 g/mol. The first-order valence-electron chi connectivity index (χ1n) is 9.64. The van der Waals surface area contributed by atoms with Gasteiger partial charge in [-0.2, -0.15) is 0 Å². The minimum absolute atomic E-state index is 0.129. The summed E-state index contributed by atoms with van der Waals surface area (Å²) in [7, 11) is 0. The molecule has 0 saturated carbocycles. The average molecular weight is 434 g/mol. The Labute approximate surface area is 176 Å². The normalized spacial score (nSPS) is 13.3. The predicted molar refractivity (Wildman–Crippen MR) is 106 cm³/mol. The Kier molecular flexibility index (Phi) is 7.11. The second-order valence-corrected chi connectivity index (χ2v) is 7.05. The molecule has 3 rings (SSSR count). The van der Waals surface area contributed by atoms with Crippen LogP contribution in [-0.4, -0.2) is 35.8 Å². The first-order chi connectivity index (χ1) is 14.8. The third-order valence-corrected chi connectivity index (χ3v) is 4.71. The molecule has 0 radical (unpaired) electrons. The fourth-order valence-corrected chi connectivity index (χ4v) is 3.15. The lowest BCUT2D eigenvalue weighted by Crippen LogP contribution is -2.39. The maximum atomic E-state index is 13.6. The highest BCUT2D eigenvalue weighted by Gasteiger charge is 2.20. The highest BCUT2D eigenvalue weighted by atomic mass is 19.2. The predicted octanol–water partition coefficient (Wildman–Crippen LogP) is 2.66. The molecule has 0 bridgehead atoms. The van der Waals surface area contributed by atoms with Crippen molar-refractivity contribution in [3.05, 3.63) is 65.0 Å². The molecule has 1 saturated heterocycles. The maximum absolute atomic E-state index is 13.6. The number of likely N-dealkylation sites (tertiary alicyclic amines) is 1. The van der Waals surface area contributed by atoms with Crippen molar-refractivity contribution >= 4 is 23.5 Å². The van der Waals surface area contributed by atoms with Crippen LogP contribution in [0.15, 0.2) is 36.4 Å². The molecular formula is C21H21F3N4O3. The first-order valence-corrected chi connectivity index (χ1v) is 9.64. The highest BCUT2D eigenvalue weighted by molar-refractivity contribution is 5.94. The Morgan fingerprint density at radius 2 is 1.77 bits per heavy atom. The van der Waals surface area contributed by atoms with Crippen LogP contribution in [0.2, 0.25) is 0 Å². The quantitative estimate of drug-likeness (QED) is 0.586. The van der Waals surface area contributed by atoms with Crippen molar-refractivity contribution in [2.75, 3.05) is 18.4 Å². The van der Waals surface area contributed by atoms with Gasteiger partial charge in [-0.3, -0.25) is 9.59 Å². The van der Waals surface area contributed by atoms with E-state index in [1.54, 1.807) is 4.90 Å². The lowest BCUT2D eigenvalue weighted by atomic mass is 10.1. The van der Waals surface area contributed by atoms with Crippen LogP contribution < -0.4 is 16.0 Å². The Morgan fingerprint density at radius 3 is 2.52 bits per heavy atom. The molecule has 0 atom stereocenters. The molecule has 4 amide bonds. The Hall–Kier alpha value is -3.56. The van der Waals surface area contributed by atoms with Gasteiger partial charge in [0.25, 0.3) is 0 Å².